The molecule has 0 fully saturated rings. The highest BCUT2D eigenvalue weighted by Gasteiger charge is 2.26. The smallest absolute Gasteiger partial charge is 0.259 e. The van der Waals surface area contributed by atoms with Crippen LogP contribution in [0.15, 0.2) is 49.1 Å². The molecular formula is C28H31FN6O2. The number of aryl methyl sites for hydroxylation is 2. The summed E-state index contributed by atoms with van der Waals surface area (Å²) in [6.45, 7) is 8.12. The molecule has 37 heavy (non-hydrogen) atoms. The highest BCUT2D eigenvalue weighted by atomic mass is 19.1. The van der Waals surface area contributed by atoms with Gasteiger partial charge < -0.3 is 19.6 Å². The molecule has 4 aromatic rings. The van der Waals surface area contributed by atoms with Crippen molar-refractivity contribution < 1.29 is 14.3 Å². The molecule has 1 atom stereocenters. The number of imidazole rings is 2. The first-order valence-corrected chi connectivity index (χ1v) is 12.5. The minimum Gasteiger partial charge on any atom is -0.396 e. The fourth-order valence-electron chi connectivity index (χ4n) is 4.81. The molecule has 0 saturated carbocycles. The quantitative estimate of drug-likeness (QED) is 0.387. The van der Waals surface area contributed by atoms with Crippen LogP contribution in [0.5, 0.6) is 0 Å². The van der Waals surface area contributed by atoms with E-state index in [0.717, 1.165) is 24.2 Å². The summed E-state index contributed by atoms with van der Waals surface area (Å²) in [5.74, 6) is -0.202. The number of hydrogen-bond acceptors (Lipinski definition) is 5. The van der Waals surface area contributed by atoms with Gasteiger partial charge in [-0.25, -0.2) is 19.3 Å². The molecule has 0 unspecified atom stereocenters. The molecule has 0 aliphatic carbocycles. The van der Waals surface area contributed by atoms with Crippen molar-refractivity contribution in [3.8, 4) is 17.2 Å². The third-order valence-electron chi connectivity index (χ3n) is 6.81. The first-order chi connectivity index (χ1) is 17.7. The lowest BCUT2D eigenvalue weighted by molar-refractivity contribution is 0.102. The fourth-order valence-corrected chi connectivity index (χ4v) is 4.81. The summed E-state index contributed by atoms with van der Waals surface area (Å²) in [4.78, 5) is 26.8. The lowest BCUT2D eigenvalue weighted by Crippen LogP contribution is -2.16. The zero-order valence-electron chi connectivity index (χ0n) is 21.5. The minimum absolute atomic E-state index is 0.0801. The maximum Gasteiger partial charge on any atom is 0.259 e. The van der Waals surface area contributed by atoms with Gasteiger partial charge in [0.2, 0.25) is 0 Å². The summed E-state index contributed by atoms with van der Waals surface area (Å²) < 4.78 is 18.9. The average molecular weight is 503 g/mol. The van der Waals surface area contributed by atoms with Gasteiger partial charge >= 0.3 is 0 Å². The number of aliphatic hydroxyl groups is 1. The highest BCUT2D eigenvalue weighted by Crippen LogP contribution is 2.34. The van der Waals surface area contributed by atoms with E-state index in [9.17, 15) is 14.3 Å². The molecule has 1 aliphatic rings. The number of anilines is 1. The van der Waals surface area contributed by atoms with Gasteiger partial charge in [0.1, 0.15) is 17.3 Å². The molecule has 0 bridgehead atoms. The van der Waals surface area contributed by atoms with E-state index in [4.69, 9.17) is 0 Å². The molecule has 0 radical (unpaired) electrons. The molecule has 3 aromatic heterocycles. The summed E-state index contributed by atoms with van der Waals surface area (Å²) in [5.41, 5.74) is 3.76. The lowest BCUT2D eigenvalue weighted by atomic mass is 9.93. The molecule has 1 amide bonds. The fraction of sp³-hybridized carbons (Fsp3) is 0.357. The SMILES string of the molecule is Cc1cc(F)c(C(=O)Nc2cccc(-c3ncc4n3[C@H](CCO)CC4)n2)cc1-n1cnc(C(C)(C)C)c1. The van der Waals surface area contributed by atoms with Gasteiger partial charge in [0.15, 0.2) is 5.82 Å². The molecule has 5 rings (SSSR count). The van der Waals surface area contributed by atoms with E-state index in [-0.39, 0.29) is 23.6 Å². The standard InChI is InChI=1S/C28H31FN6O2/c1-17-12-21(29)20(13-23(17)34-15-24(31-16-34)28(2,3)4)27(37)33-25-7-5-6-22(32-25)26-30-14-19-9-8-18(10-11-36)35(19)26/h5-7,12-16,18,36H,8-11H2,1-4H3,(H,32,33,37)/t18-/m0/s1. The number of pyridine rings is 1. The van der Waals surface area contributed by atoms with E-state index < -0.39 is 11.7 Å². The van der Waals surface area contributed by atoms with Gasteiger partial charge in [0.25, 0.3) is 5.91 Å². The molecule has 0 spiro atoms. The number of hydrogen-bond donors (Lipinski definition) is 2. The Bertz CT molecular complexity index is 1470. The summed E-state index contributed by atoms with van der Waals surface area (Å²) in [7, 11) is 0. The molecule has 0 saturated heterocycles. The van der Waals surface area contributed by atoms with Crippen LogP contribution in [0.25, 0.3) is 17.2 Å². The van der Waals surface area contributed by atoms with Crippen LogP contribution < -0.4 is 5.32 Å². The molecular weight excluding hydrogens is 471 g/mol. The lowest BCUT2D eigenvalue weighted by Gasteiger charge is -2.15. The predicted octanol–water partition coefficient (Wildman–Crippen LogP) is 5.00. The Kier molecular flexibility index (Phi) is 6.41. The van der Waals surface area contributed by atoms with E-state index in [0.29, 0.717) is 35.0 Å². The molecule has 9 heteroatoms. The number of benzene rings is 1. The van der Waals surface area contributed by atoms with Crippen molar-refractivity contribution in [3.05, 3.63) is 77.4 Å². The van der Waals surface area contributed by atoms with Crippen molar-refractivity contribution in [3.63, 3.8) is 0 Å². The number of nitrogens with zero attached hydrogens (tertiary/aromatic N) is 5. The molecule has 1 aliphatic heterocycles. The topological polar surface area (TPSA) is 97.9 Å². The van der Waals surface area contributed by atoms with Gasteiger partial charge in [-0.05, 0) is 56.0 Å². The first-order valence-electron chi connectivity index (χ1n) is 12.5. The number of halogens is 1. The second-order valence-corrected chi connectivity index (χ2v) is 10.5. The van der Waals surface area contributed by atoms with E-state index in [1.165, 1.54) is 6.07 Å². The Hall–Kier alpha value is -3.85. The van der Waals surface area contributed by atoms with Crippen molar-refractivity contribution >= 4 is 11.7 Å². The molecule has 4 heterocycles. The highest BCUT2D eigenvalue weighted by molar-refractivity contribution is 6.04. The Labute approximate surface area is 215 Å². The zero-order valence-corrected chi connectivity index (χ0v) is 21.5. The number of aliphatic hydroxyl groups excluding tert-OH is 1. The Morgan fingerprint density at radius 1 is 1.24 bits per heavy atom. The van der Waals surface area contributed by atoms with Crippen LogP contribution in [0.2, 0.25) is 0 Å². The number of fused-ring (bicyclic) bond motifs is 1. The molecule has 1 aromatic carbocycles. The van der Waals surface area contributed by atoms with Gasteiger partial charge in [0.05, 0.1) is 23.3 Å². The minimum atomic E-state index is -0.607. The third kappa shape index (κ3) is 4.79. The van der Waals surface area contributed by atoms with E-state index in [2.05, 4.69) is 45.6 Å². The van der Waals surface area contributed by atoms with Crippen LogP contribution in [0.3, 0.4) is 0 Å². The monoisotopic (exact) mass is 502 g/mol. The molecule has 2 N–H and O–H groups in total. The largest absolute Gasteiger partial charge is 0.396 e. The van der Waals surface area contributed by atoms with Crippen LogP contribution in [0, 0.1) is 12.7 Å². The second-order valence-electron chi connectivity index (χ2n) is 10.5. The first kappa shape index (κ1) is 24.8. The summed E-state index contributed by atoms with van der Waals surface area (Å²) in [6, 6.07) is 8.35. The summed E-state index contributed by atoms with van der Waals surface area (Å²) >= 11 is 0. The van der Waals surface area contributed by atoms with E-state index >= 15 is 0 Å². The normalized spacial score (nSPS) is 15.1. The third-order valence-corrected chi connectivity index (χ3v) is 6.81. The Balaban J connectivity index is 1.42. The van der Waals surface area contributed by atoms with Gasteiger partial charge in [-0.2, -0.15) is 0 Å². The van der Waals surface area contributed by atoms with Crippen LogP contribution in [-0.4, -0.2) is 41.7 Å². The number of carbonyl (C=O) groups excluding carboxylic acids is 1. The zero-order chi connectivity index (χ0) is 26.3. The number of aromatic nitrogens is 5. The van der Waals surface area contributed by atoms with Crippen molar-refractivity contribution in [1.82, 2.24) is 24.1 Å². The van der Waals surface area contributed by atoms with E-state index in [1.807, 2.05) is 23.0 Å². The van der Waals surface area contributed by atoms with Crippen molar-refractivity contribution in [2.75, 3.05) is 11.9 Å². The maximum atomic E-state index is 14.9. The van der Waals surface area contributed by atoms with E-state index in [1.54, 1.807) is 31.5 Å². The molecule has 8 nitrogen and oxygen atoms in total. The van der Waals surface area contributed by atoms with Crippen molar-refractivity contribution in [2.45, 2.75) is 58.4 Å². The number of nitrogens with one attached hydrogen (secondary N) is 1. The summed E-state index contributed by atoms with van der Waals surface area (Å²) in [6.07, 6.45) is 7.92. The Morgan fingerprint density at radius 3 is 2.78 bits per heavy atom. The summed E-state index contributed by atoms with van der Waals surface area (Å²) in [5, 5.41) is 12.2. The number of rotatable bonds is 6. The van der Waals surface area contributed by atoms with Gasteiger partial charge in [-0.1, -0.05) is 26.8 Å². The van der Waals surface area contributed by atoms with Crippen LogP contribution in [-0.2, 0) is 11.8 Å². The average Bonchev–Trinajstić information content (AvgIpc) is 3.57. The van der Waals surface area contributed by atoms with Crippen LogP contribution in [0.4, 0.5) is 10.2 Å². The maximum absolute atomic E-state index is 14.9. The van der Waals surface area contributed by atoms with Gasteiger partial charge in [-0.15, -0.1) is 0 Å². The second kappa shape index (κ2) is 9.55. The van der Waals surface area contributed by atoms with Crippen LogP contribution in [0.1, 0.15) is 67.0 Å². The predicted molar refractivity (Wildman–Crippen MR) is 139 cm³/mol. The number of amides is 1. The Morgan fingerprint density at radius 2 is 2.05 bits per heavy atom. The molecule has 192 valence electrons. The van der Waals surface area contributed by atoms with Gasteiger partial charge in [0, 0.05) is 36.2 Å². The van der Waals surface area contributed by atoms with Crippen molar-refractivity contribution in [2.24, 2.45) is 0 Å². The number of carbonyl (C=O) groups is 1. The van der Waals surface area contributed by atoms with Gasteiger partial charge in [-0.3, -0.25) is 4.79 Å². The van der Waals surface area contributed by atoms with Crippen molar-refractivity contribution in [1.29, 1.82) is 0 Å². The van der Waals surface area contributed by atoms with Crippen LogP contribution >= 0.6 is 0 Å².